The van der Waals surface area contributed by atoms with Gasteiger partial charge in [0.05, 0.1) is 24.0 Å². The fraction of sp³-hybridized carbons (Fsp3) is 0.0909. The number of nitrogens with zero attached hydrogens (tertiary/aromatic N) is 2. The second kappa shape index (κ2) is 7.64. The second-order valence-corrected chi connectivity index (χ2v) is 7.08. The standard InChI is InChI=1S/C22H15ClF2N2O2/c23-16-7-5-14(6-8-16)12-27-21(28)18-3-1-2-4-20(18)26(22(27)29)13-15-11-17(24)9-10-19(15)25/h1-11H,12-13H2. The highest BCUT2D eigenvalue weighted by atomic mass is 35.5. The summed E-state index contributed by atoms with van der Waals surface area (Å²) >= 11 is 5.90. The molecule has 0 aliphatic carbocycles. The molecule has 4 rings (SSSR count). The molecule has 146 valence electrons. The second-order valence-electron chi connectivity index (χ2n) is 6.64. The first kappa shape index (κ1) is 19.1. The van der Waals surface area contributed by atoms with Gasteiger partial charge >= 0.3 is 5.69 Å². The van der Waals surface area contributed by atoms with Crippen LogP contribution in [0.15, 0.2) is 76.3 Å². The van der Waals surface area contributed by atoms with Gasteiger partial charge in [-0.15, -0.1) is 0 Å². The zero-order valence-electron chi connectivity index (χ0n) is 15.1. The van der Waals surface area contributed by atoms with E-state index in [1.165, 1.54) is 4.57 Å². The summed E-state index contributed by atoms with van der Waals surface area (Å²) < 4.78 is 30.2. The Bertz CT molecular complexity index is 1330. The van der Waals surface area contributed by atoms with Crippen LogP contribution in [0.25, 0.3) is 10.9 Å². The van der Waals surface area contributed by atoms with E-state index in [-0.39, 0.29) is 18.7 Å². The van der Waals surface area contributed by atoms with E-state index in [1.807, 2.05) is 0 Å². The summed E-state index contributed by atoms with van der Waals surface area (Å²) in [5.74, 6) is -1.23. The number of rotatable bonds is 4. The van der Waals surface area contributed by atoms with E-state index in [1.54, 1.807) is 48.5 Å². The molecular formula is C22H15ClF2N2O2. The zero-order chi connectivity index (χ0) is 20.5. The summed E-state index contributed by atoms with van der Waals surface area (Å²) in [6.07, 6.45) is 0. The van der Waals surface area contributed by atoms with Crippen LogP contribution in [0, 0.1) is 11.6 Å². The molecule has 0 radical (unpaired) electrons. The molecule has 0 N–H and O–H groups in total. The van der Waals surface area contributed by atoms with E-state index in [9.17, 15) is 18.4 Å². The topological polar surface area (TPSA) is 44.0 Å². The molecule has 0 fully saturated rings. The van der Waals surface area contributed by atoms with Crippen molar-refractivity contribution >= 4 is 22.5 Å². The molecule has 29 heavy (non-hydrogen) atoms. The maximum atomic E-state index is 14.2. The van der Waals surface area contributed by atoms with Crippen LogP contribution in [0.2, 0.25) is 5.02 Å². The van der Waals surface area contributed by atoms with E-state index in [0.717, 1.165) is 22.8 Å². The monoisotopic (exact) mass is 412 g/mol. The van der Waals surface area contributed by atoms with Crippen LogP contribution in [-0.4, -0.2) is 9.13 Å². The molecule has 0 saturated carbocycles. The molecule has 4 aromatic rings. The van der Waals surface area contributed by atoms with Crippen molar-refractivity contribution in [2.45, 2.75) is 13.1 Å². The molecule has 7 heteroatoms. The third-order valence-corrected chi connectivity index (χ3v) is 4.97. The van der Waals surface area contributed by atoms with Crippen LogP contribution >= 0.6 is 11.6 Å². The van der Waals surface area contributed by atoms with Crippen molar-refractivity contribution in [1.82, 2.24) is 9.13 Å². The molecule has 0 bridgehead atoms. The van der Waals surface area contributed by atoms with Crippen LogP contribution in [0.1, 0.15) is 11.1 Å². The van der Waals surface area contributed by atoms with Gasteiger partial charge in [-0.05, 0) is 48.0 Å². The Labute approximate surface area is 169 Å². The van der Waals surface area contributed by atoms with Gasteiger partial charge in [-0.1, -0.05) is 35.9 Å². The number of aromatic nitrogens is 2. The van der Waals surface area contributed by atoms with Crippen molar-refractivity contribution in [3.05, 3.63) is 115 Å². The van der Waals surface area contributed by atoms with Crippen molar-refractivity contribution in [2.75, 3.05) is 0 Å². The Hall–Kier alpha value is -3.25. The minimum absolute atomic E-state index is 0.0222. The van der Waals surface area contributed by atoms with Crippen LogP contribution in [-0.2, 0) is 13.1 Å². The van der Waals surface area contributed by atoms with Crippen LogP contribution in [0.5, 0.6) is 0 Å². The van der Waals surface area contributed by atoms with Gasteiger partial charge in [0, 0.05) is 10.6 Å². The Morgan fingerprint density at radius 1 is 0.828 bits per heavy atom. The SMILES string of the molecule is O=c1c2ccccc2n(Cc2cc(F)ccc2F)c(=O)n1Cc1ccc(Cl)cc1. The third kappa shape index (κ3) is 3.71. The Balaban J connectivity index is 1.91. The maximum Gasteiger partial charge on any atom is 0.332 e. The van der Waals surface area contributed by atoms with Crippen LogP contribution < -0.4 is 11.2 Å². The molecule has 4 nitrogen and oxygen atoms in total. The molecule has 0 saturated heterocycles. The summed E-state index contributed by atoms with van der Waals surface area (Å²) in [5.41, 5.74) is 0.0451. The lowest BCUT2D eigenvalue weighted by atomic mass is 10.1. The van der Waals surface area contributed by atoms with E-state index < -0.39 is 22.9 Å². The van der Waals surface area contributed by atoms with Crippen molar-refractivity contribution < 1.29 is 8.78 Å². The number of hydrogen-bond acceptors (Lipinski definition) is 2. The number of para-hydroxylation sites is 1. The molecule has 0 unspecified atom stereocenters. The van der Waals surface area contributed by atoms with E-state index in [0.29, 0.717) is 21.5 Å². The van der Waals surface area contributed by atoms with Crippen molar-refractivity contribution in [1.29, 1.82) is 0 Å². The van der Waals surface area contributed by atoms with Gasteiger partial charge in [-0.3, -0.25) is 13.9 Å². The van der Waals surface area contributed by atoms with Gasteiger partial charge in [0.15, 0.2) is 0 Å². The molecule has 0 aliphatic heterocycles. The lowest BCUT2D eigenvalue weighted by molar-refractivity contribution is 0.567. The first-order chi connectivity index (χ1) is 13.9. The maximum absolute atomic E-state index is 14.2. The van der Waals surface area contributed by atoms with Gasteiger partial charge in [0.2, 0.25) is 0 Å². The number of halogens is 3. The van der Waals surface area contributed by atoms with E-state index in [4.69, 9.17) is 11.6 Å². The van der Waals surface area contributed by atoms with Crippen molar-refractivity contribution in [2.24, 2.45) is 0 Å². The minimum Gasteiger partial charge on any atom is -0.289 e. The summed E-state index contributed by atoms with van der Waals surface area (Å²) in [7, 11) is 0. The highest BCUT2D eigenvalue weighted by Gasteiger charge is 2.15. The average Bonchev–Trinajstić information content (AvgIpc) is 2.72. The predicted octanol–water partition coefficient (Wildman–Crippen LogP) is 4.19. The summed E-state index contributed by atoms with van der Waals surface area (Å²) in [6.45, 7) is -0.171. The summed E-state index contributed by atoms with van der Waals surface area (Å²) in [6, 6.07) is 16.5. The molecule has 0 spiro atoms. The predicted molar refractivity (Wildman–Crippen MR) is 108 cm³/mol. The van der Waals surface area contributed by atoms with Gasteiger partial charge in [0.1, 0.15) is 11.6 Å². The van der Waals surface area contributed by atoms with Gasteiger partial charge in [-0.2, -0.15) is 0 Å². The van der Waals surface area contributed by atoms with Crippen LogP contribution in [0.3, 0.4) is 0 Å². The van der Waals surface area contributed by atoms with Crippen molar-refractivity contribution in [3.63, 3.8) is 0 Å². The molecular weight excluding hydrogens is 398 g/mol. The Morgan fingerprint density at radius 3 is 2.31 bits per heavy atom. The summed E-state index contributed by atoms with van der Waals surface area (Å²) in [4.78, 5) is 26.1. The van der Waals surface area contributed by atoms with Gasteiger partial charge in [-0.25, -0.2) is 13.6 Å². The largest absolute Gasteiger partial charge is 0.332 e. The lowest BCUT2D eigenvalue weighted by Crippen LogP contribution is -2.40. The quantitative estimate of drug-likeness (QED) is 0.504. The fourth-order valence-corrected chi connectivity index (χ4v) is 3.40. The normalized spacial score (nSPS) is 11.1. The van der Waals surface area contributed by atoms with E-state index in [2.05, 4.69) is 0 Å². The average molecular weight is 413 g/mol. The highest BCUT2D eigenvalue weighted by Crippen LogP contribution is 2.15. The van der Waals surface area contributed by atoms with Gasteiger partial charge < -0.3 is 0 Å². The number of fused-ring (bicyclic) bond motifs is 1. The molecule has 3 aromatic carbocycles. The molecule has 0 aliphatic rings. The van der Waals surface area contributed by atoms with Crippen LogP contribution in [0.4, 0.5) is 8.78 Å². The molecule has 1 heterocycles. The smallest absolute Gasteiger partial charge is 0.289 e. The van der Waals surface area contributed by atoms with Crippen molar-refractivity contribution in [3.8, 4) is 0 Å². The first-order valence-corrected chi connectivity index (χ1v) is 9.22. The Kier molecular flexibility index (Phi) is 5.03. The number of hydrogen-bond donors (Lipinski definition) is 0. The molecule has 1 aromatic heterocycles. The number of benzene rings is 3. The first-order valence-electron chi connectivity index (χ1n) is 8.85. The van der Waals surface area contributed by atoms with E-state index >= 15 is 0 Å². The molecule has 0 atom stereocenters. The summed E-state index contributed by atoms with van der Waals surface area (Å²) in [5, 5.41) is 0.858. The highest BCUT2D eigenvalue weighted by molar-refractivity contribution is 6.30. The minimum atomic E-state index is -0.627. The lowest BCUT2D eigenvalue weighted by Gasteiger charge is -2.15. The molecule has 0 amide bonds. The fourth-order valence-electron chi connectivity index (χ4n) is 3.27. The Morgan fingerprint density at radius 2 is 1.55 bits per heavy atom. The van der Waals surface area contributed by atoms with Gasteiger partial charge in [0.25, 0.3) is 5.56 Å². The zero-order valence-corrected chi connectivity index (χ0v) is 15.9. The third-order valence-electron chi connectivity index (χ3n) is 4.72.